The summed E-state index contributed by atoms with van der Waals surface area (Å²) in [6.45, 7) is 5.19. The molecule has 0 radical (unpaired) electrons. The second-order valence-corrected chi connectivity index (χ2v) is 7.92. The van der Waals surface area contributed by atoms with Gasteiger partial charge >= 0.3 is 11.9 Å². The predicted molar refractivity (Wildman–Crippen MR) is 121 cm³/mol. The van der Waals surface area contributed by atoms with Gasteiger partial charge in [-0.15, -0.1) is 0 Å². The fourth-order valence-electron chi connectivity index (χ4n) is 3.26. The van der Waals surface area contributed by atoms with Crippen LogP contribution in [-0.2, 0) is 9.47 Å². The van der Waals surface area contributed by atoms with E-state index in [1.54, 1.807) is 18.2 Å². The Kier molecular flexibility index (Phi) is 15.6. The lowest BCUT2D eigenvalue weighted by Gasteiger charge is -2.07. The number of hydrogen-bond donors (Lipinski definition) is 0. The molecule has 0 aliphatic heterocycles. The van der Waals surface area contributed by atoms with E-state index in [0.717, 1.165) is 25.7 Å². The molecule has 1 aromatic rings. The molecular formula is C25H41NO4. The topological polar surface area (TPSA) is 65.5 Å². The molecule has 1 aromatic heterocycles. The molecule has 0 N–H and O–H groups in total. The van der Waals surface area contributed by atoms with Gasteiger partial charge in [-0.25, -0.2) is 14.6 Å². The van der Waals surface area contributed by atoms with Crippen LogP contribution in [0.2, 0.25) is 0 Å². The predicted octanol–water partition coefficient (Wildman–Crippen LogP) is 6.90. The van der Waals surface area contributed by atoms with E-state index in [2.05, 4.69) is 18.8 Å². The maximum Gasteiger partial charge on any atom is 0.356 e. The molecule has 0 saturated heterocycles. The van der Waals surface area contributed by atoms with Gasteiger partial charge in [0, 0.05) is 0 Å². The number of carbonyl (C=O) groups excluding carboxylic acids is 2. The summed E-state index contributed by atoms with van der Waals surface area (Å²) < 4.78 is 10.6. The van der Waals surface area contributed by atoms with Crippen molar-refractivity contribution in [2.45, 2.75) is 104 Å². The van der Waals surface area contributed by atoms with Gasteiger partial charge < -0.3 is 9.47 Å². The van der Waals surface area contributed by atoms with Crippen LogP contribution < -0.4 is 0 Å². The van der Waals surface area contributed by atoms with E-state index in [1.165, 1.54) is 64.2 Å². The summed E-state index contributed by atoms with van der Waals surface area (Å²) in [4.78, 5) is 28.4. The lowest BCUT2D eigenvalue weighted by atomic mass is 10.1. The molecule has 0 bridgehead atoms. The Hall–Kier alpha value is -1.91. The van der Waals surface area contributed by atoms with Crippen LogP contribution in [0, 0.1) is 0 Å². The monoisotopic (exact) mass is 419 g/mol. The highest BCUT2D eigenvalue weighted by atomic mass is 16.5. The van der Waals surface area contributed by atoms with E-state index >= 15 is 0 Å². The summed E-state index contributed by atoms with van der Waals surface area (Å²) in [5.41, 5.74) is 0.312. The van der Waals surface area contributed by atoms with Crippen molar-refractivity contribution < 1.29 is 19.1 Å². The van der Waals surface area contributed by atoms with Gasteiger partial charge in [-0.3, -0.25) is 0 Å². The van der Waals surface area contributed by atoms with Crippen molar-refractivity contribution in [3.05, 3.63) is 29.6 Å². The number of rotatable bonds is 18. The normalized spacial score (nSPS) is 10.7. The number of unbranched alkanes of at least 4 members (excludes halogenated alkanes) is 12. The summed E-state index contributed by atoms with van der Waals surface area (Å²) >= 11 is 0. The van der Waals surface area contributed by atoms with Crippen molar-refractivity contribution in [3.63, 3.8) is 0 Å². The first kappa shape index (κ1) is 26.1. The van der Waals surface area contributed by atoms with Gasteiger partial charge in [0.15, 0.2) is 0 Å². The Labute approximate surface area is 183 Å². The largest absolute Gasteiger partial charge is 0.461 e. The molecule has 0 amide bonds. The van der Waals surface area contributed by atoms with Crippen molar-refractivity contribution in [1.82, 2.24) is 4.98 Å². The summed E-state index contributed by atoms with van der Waals surface area (Å²) in [5.74, 6) is -0.967. The molecule has 0 aliphatic rings. The first-order chi connectivity index (χ1) is 14.7. The maximum absolute atomic E-state index is 12.2. The van der Waals surface area contributed by atoms with Gasteiger partial charge in [0.2, 0.25) is 0 Å². The zero-order valence-electron chi connectivity index (χ0n) is 19.1. The van der Waals surface area contributed by atoms with E-state index in [0.29, 0.717) is 13.2 Å². The Bertz CT molecular complexity index is 541. The minimum atomic E-state index is -0.484. The molecule has 0 spiro atoms. The second kappa shape index (κ2) is 17.9. The number of carbonyl (C=O) groups is 2. The molecule has 5 heteroatoms. The second-order valence-electron chi connectivity index (χ2n) is 7.92. The van der Waals surface area contributed by atoms with Crippen molar-refractivity contribution in [2.24, 2.45) is 0 Å². The number of hydrogen-bond acceptors (Lipinski definition) is 5. The van der Waals surface area contributed by atoms with Gasteiger partial charge in [0.1, 0.15) is 11.4 Å². The van der Waals surface area contributed by atoms with Crippen LogP contribution >= 0.6 is 0 Å². The SMILES string of the molecule is CCCCCCCCCOC(=O)c1cccc(C(=O)OCCCCCCCCC)n1. The van der Waals surface area contributed by atoms with E-state index in [9.17, 15) is 9.59 Å². The summed E-state index contributed by atoms with van der Waals surface area (Å²) in [7, 11) is 0. The molecule has 0 unspecified atom stereocenters. The summed E-state index contributed by atoms with van der Waals surface area (Å²) in [5, 5.41) is 0. The van der Waals surface area contributed by atoms with Crippen LogP contribution in [0.4, 0.5) is 0 Å². The standard InChI is InChI=1S/C25H41NO4/c1-3-5-7-9-11-13-15-20-29-24(27)22-18-17-19-23(26-22)25(28)30-21-16-14-12-10-8-6-4-2/h17-19H,3-16,20-21H2,1-2H3. The lowest BCUT2D eigenvalue weighted by Crippen LogP contribution is -2.13. The molecule has 5 nitrogen and oxygen atoms in total. The Morgan fingerprint density at radius 2 is 1.00 bits per heavy atom. The third kappa shape index (κ3) is 12.6. The van der Waals surface area contributed by atoms with Gasteiger partial charge in [-0.05, 0) is 25.0 Å². The van der Waals surface area contributed by atoms with Crippen LogP contribution in [0.15, 0.2) is 18.2 Å². The third-order valence-corrected chi connectivity index (χ3v) is 5.13. The third-order valence-electron chi connectivity index (χ3n) is 5.13. The van der Waals surface area contributed by atoms with Crippen molar-refractivity contribution >= 4 is 11.9 Å². The highest BCUT2D eigenvalue weighted by Gasteiger charge is 2.14. The molecule has 1 heterocycles. The summed E-state index contributed by atoms with van der Waals surface area (Å²) in [6, 6.07) is 4.78. The van der Waals surface area contributed by atoms with E-state index in [1.807, 2.05) is 0 Å². The average Bonchev–Trinajstić information content (AvgIpc) is 2.77. The first-order valence-corrected chi connectivity index (χ1v) is 12.0. The van der Waals surface area contributed by atoms with E-state index in [4.69, 9.17) is 9.47 Å². The maximum atomic E-state index is 12.2. The van der Waals surface area contributed by atoms with Crippen molar-refractivity contribution in [3.8, 4) is 0 Å². The Morgan fingerprint density at radius 3 is 1.40 bits per heavy atom. The van der Waals surface area contributed by atoms with Gasteiger partial charge in [0.05, 0.1) is 13.2 Å². The van der Waals surface area contributed by atoms with Gasteiger partial charge in [-0.2, -0.15) is 0 Å². The van der Waals surface area contributed by atoms with E-state index < -0.39 is 11.9 Å². The number of ether oxygens (including phenoxy) is 2. The van der Waals surface area contributed by atoms with Crippen LogP contribution in [0.5, 0.6) is 0 Å². The van der Waals surface area contributed by atoms with Crippen molar-refractivity contribution in [2.75, 3.05) is 13.2 Å². The lowest BCUT2D eigenvalue weighted by molar-refractivity contribution is 0.0482. The zero-order valence-corrected chi connectivity index (χ0v) is 19.1. The molecule has 0 fully saturated rings. The number of esters is 2. The smallest absolute Gasteiger partial charge is 0.356 e. The highest BCUT2D eigenvalue weighted by molar-refractivity contribution is 5.91. The Balaban J connectivity index is 2.22. The molecule has 170 valence electrons. The fourth-order valence-corrected chi connectivity index (χ4v) is 3.26. The molecule has 0 saturated carbocycles. The van der Waals surface area contributed by atoms with Crippen LogP contribution in [0.25, 0.3) is 0 Å². The van der Waals surface area contributed by atoms with Crippen molar-refractivity contribution in [1.29, 1.82) is 0 Å². The van der Waals surface area contributed by atoms with Crippen LogP contribution in [0.1, 0.15) is 125 Å². The molecule has 1 rings (SSSR count). The van der Waals surface area contributed by atoms with Crippen LogP contribution in [0.3, 0.4) is 0 Å². The molecular weight excluding hydrogens is 378 g/mol. The fraction of sp³-hybridized carbons (Fsp3) is 0.720. The minimum Gasteiger partial charge on any atom is -0.461 e. The van der Waals surface area contributed by atoms with Gasteiger partial charge in [0.25, 0.3) is 0 Å². The zero-order chi connectivity index (χ0) is 21.9. The molecule has 0 atom stereocenters. The van der Waals surface area contributed by atoms with E-state index in [-0.39, 0.29) is 11.4 Å². The molecule has 30 heavy (non-hydrogen) atoms. The van der Waals surface area contributed by atoms with Crippen LogP contribution in [-0.4, -0.2) is 30.1 Å². The average molecular weight is 420 g/mol. The molecule has 0 aromatic carbocycles. The Morgan fingerprint density at radius 1 is 0.633 bits per heavy atom. The number of nitrogens with zero attached hydrogens (tertiary/aromatic N) is 1. The quantitative estimate of drug-likeness (QED) is 0.191. The number of aromatic nitrogens is 1. The highest BCUT2D eigenvalue weighted by Crippen LogP contribution is 2.09. The van der Waals surface area contributed by atoms with Gasteiger partial charge in [-0.1, -0.05) is 97.0 Å². The summed E-state index contributed by atoms with van der Waals surface area (Å²) in [6.07, 6.45) is 16.3. The number of pyridine rings is 1. The minimum absolute atomic E-state index is 0.156. The first-order valence-electron chi connectivity index (χ1n) is 12.0. The molecule has 0 aliphatic carbocycles.